The maximum Gasteiger partial charge on any atom is 3.00 e. The first kappa shape index (κ1) is 50.0. The summed E-state index contributed by atoms with van der Waals surface area (Å²) >= 11 is 0. The van der Waals surface area contributed by atoms with E-state index in [0.29, 0.717) is 38.5 Å². The van der Waals surface area contributed by atoms with Crippen molar-refractivity contribution < 1.29 is 85.7 Å². The molecule has 1 radical (unpaired) electrons. The van der Waals surface area contributed by atoms with E-state index < -0.39 is 96.7 Å². The molecule has 25 heteroatoms. The van der Waals surface area contributed by atoms with Crippen LogP contribution < -0.4 is 16.0 Å². The maximum atomic E-state index is 13.1. The van der Waals surface area contributed by atoms with Gasteiger partial charge in [-0.15, -0.1) is 0 Å². The van der Waals surface area contributed by atoms with Crippen LogP contribution in [0.15, 0.2) is 87.9 Å². The third-order valence-corrected chi connectivity index (χ3v) is 12.9. The van der Waals surface area contributed by atoms with Crippen molar-refractivity contribution in [2.24, 2.45) is 5.92 Å². The summed E-state index contributed by atoms with van der Waals surface area (Å²) in [5, 5.41) is 39.5. The van der Waals surface area contributed by atoms with Crippen molar-refractivity contribution in [3.63, 3.8) is 0 Å². The van der Waals surface area contributed by atoms with Crippen LogP contribution >= 0.6 is 0 Å². The fourth-order valence-corrected chi connectivity index (χ4v) is 9.32. The van der Waals surface area contributed by atoms with Crippen molar-refractivity contribution in [1.29, 1.82) is 0 Å². The average Bonchev–Trinajstić information content (AvgIpc) is 3.24. The number of phenolic OH excluding ortho intramolecular Hbond substituents is 3. The summed E-state index contributed by atoms with van der Waals surface area (Å²) in [4.78, 5) is 48.9. The van der Waals surface area contributed by atoms with Gasteiger partial charge in [0.1, 0.15) is 46.9 Å². The molecule has 0 atom stereocenters. The van der Waals surface area contributed by atoms with Crippen molar-refractivity contribution >= 4 is 80.8 Å². The van der Waals surface area contributed by atoms with Gasteiger partial charge in [0, 0.05) is 54.4 Å². The van der Waals surface area contributed by atoms with Crippen LogP contribution in [0.4, 0.5) is 0 Å². The molecule has 3 aromatic heterocycles. The zero-order valence-corrected chi connectivity index (χ0v) is 37.1. The van der Waals surface area contributed by atoms with Crippen LogP contribution in [0.25, 0.3) is 32.7 Å². The number of carbonyl (C=O) groups excluding carboxylic acids is 3. The van der Waals surface area contributed by atoms with Crippen LogP contribution in [-0.4, -0.2) is 107 Å². The minimum absolute atomic E-state index is 0. The molecule has 65 heavy (non-hydrogen) atoms. The first-order valence-corrected chi connectivity index (χ1v) is 23.4. The summed E-state index contributed by atoms with van der Waals surface area (Å²) in [6, 6.07) is 10.2. The molecule has 21 nitrogen and oxygen atoms in total. The van der Waals surface area contributed by atoms with Gasteiger partial charge in [0.15, 0.2) is 17.2 Å². The number of rotatable bonds is 18. The van der Waals surface area contributed by atoms with Crippen LogP contribution in [-0.2, 0) is 47.4 Å². The van der Waals surface area contributed by atoms with Crippen LogP contribution in [0.1, 0.15) is 69.6 Å². The Morgan fingerprint density at radius 1 is 0.508 bits per heavy atom. The molecule has 0 aliphatic rings. The molecular formula is C40H37FeN6O15S3. The zero-order valence-electron chi connectivity index (χ0n) is 33.5. The molecule has 0 saturated heterocycles. The van der Waals surface area contributed by atoms with Crippen LogP contribution in [0, 0.1) is 5.92 Å². The van der Waals surface area contributed by atoms with E-state index in [-0.39, 0.29) is 75.3 Å². The number of aromatic hydroxyl groups is 3. The van der Waals surface area contributed by atoms with E-state index in [0.717, 1.165) is 18.2 Å². The molecule has 0 spiro atoms. The number of amides is 3. The van der Waals surface area contributed by atoms with Gasteiger partial charge in [-0.25, -0.2) is 25.3 Å². The summed E-state index contributed by atoms with van der Waals surface area (Å²) < 4.78 is 108. The number of fused-ring (bicyclic) bond motifs is 3. The van der Waals surface area contributed by atoms with E-state index in [9.17, 15) is 68.6 Å². The molecule has 3 heterocycles. The normalized spacial score (nSPS) is 12.0. The zero-order chi connectivity index (χ0) is 46.6. The summed E-state index contributed by atoms with van der Waals surface area (Å²) in [5.41, 5.74) is -2.29. The predicted octanol–water partition coefficient (Wildman–Crippen LogP) is 2.70. The van der Waals surface area contributed by atoms with Gasteiger partial charge < -0.3 is 44.9 Å². The van der Waals surface area contributed by atoms with Gasteiger partial charge in [0.2, 0.25) is 0 Å². The quantitative estimate of drug-likeness (QED) is 0.0409. The van der Waals surface area contributed by atoms with Gasteiger partial charge in [0.05, 0.1) is 31.4 Å². The summed E-state index contributed by atoms with van der Waals surface area (Å²) in [5.74, 6) is -4.76. The summed E-state index contributed by atoms with van der Waals surface area (Å²) in [6.45, 7) is 0.00721. The molecule has 6 aromatic rings. The van der Waals surface area contributed by atoms with Gasteiger partial charge in [-0.3, -0.25) is 29.3 Å². The summed E-state index contributed by atoms with van der Waals surface area (Å²) in [7, 11) is -15.2. The van der Waals surface area contributed by atoms with Gasteiger partial charge in [-0.1, -0.05) is 0 Å². The number of nitrogens with zero attached hydrogens (tertiary/aromatic N) is 3. The molecule has 3 amide bonds. The summed E-state index contributed by atoms with van der Waals surface area (Å²) in [6.07, 6.45) is 5.90. The molecule has 343 valence electrons. The van der Waals surface area contributed by atoms with Crippen molar-refractivity contribution in [3.05, 3.63) is 89.9 Å². The predicted molar refractivity (Wildman–Crippen MR) is 222 cm³/mol. The largest absolute Gasteiger partial charge is 3.00 e. The third kappa shape index (κ3) is 11.4. The Morgan fingerprint density at radius 2 is 0.769 bits per heavy atom. The number of hydrogen-bond acceptors (Lipinski definition) is 18. The molecule has 0 fully saturated rings. The van der Waals surface area contributed by atoms with E-state index in [4.69, 9.17) is 0 Å². The number of benzene rings is 3. The molecule has 0 aliphatic carbocycles. The Kier molecular flexibility index (Phi) is 15.7. The first-order chi connectivity index (χ1) is 30.2. The number of aromatic nitrogens is 3. The second-order valence-corrected chi connectivity index (χ2v) is 18.5. The number of pyridine rings is 3. The monoisotopic (exact) mass is 993 g/mol. The van der Waals surface area contributed by atoms with E-state index in [1.165, 1.54) is 55.0 Å². The standard InChI is InChI=1S/C40H40N6O15S3.Fe/c47-35-26(19-29(62(53,54)55)23-10-4-13-41-32(23)35)38(50)44-16-1-7-22(8-2-17-45-39(51)27-20-30(63(56,57)58)24-11-5-14-42-33(24)36(27)48)9-3-18-46-40(52)28-21-31(64(59,60)61)25-12-6-15-43-34(25)37(28)49;/h4-6,10-15,19-22,47-49H,1-3,7-9,16-18H2,(H,44,50)(H,45,51)(H,46,52)(H,53,54,55)(H,56,57,58)(H,59,60,61);/q;+3/p-3. The molecule has 0 aliphatic heterocycles. The number of nitrogens with one attached hydrogen (secondary N) is 3. The van der Waals surface area contributed by atoms with E-state index >= 15 is 0 Å². The van der Waals surface area contributed by atoms with Crippen LogP contribution in [0.3, 0.4) is 0 Å². The van der Waals surface area contributed by atoms with Gasteiger partial charge in [-0.05, 0) is 99.0 Å². The Bertz CT molecular complexity index is 2840. The Balaban J connectivity index is 0.00000793. The maximum absolute atomic E-state index is 13.1. The Hall–Kier alpha value is -6.05. The van der Waals surface area contributed by atoms with Crippen molar-refractivity contribution in [2.45, 2.75) is 53.2 Å². The van der Waals surface area contributed by atoms with E-state index in [1.54, 1.807) is 0 Å². The molecule has 0 unspecified atom stereocenters. The van der Waals surface area contributed by atoms with Gasteiger partial charge >= 0.3 is 17.1 Å². The topological polar surface area (TPSA) is 358 Å². The molecule has 0 saturated carbocycles. The number of phenols is 3. The number of carbonyl (C=O) groups is 3. The number of hydrogen-bond donors (Lipinski definition) is 6. The van der Waals surface area contributed by atoms with Gasteiger partial charge in [-0.2, -0.15) is 0 Å². The van der Waals surface area contributed by atoms with Crippen molar-refractivity contribution in [3.8, 4) is 17.2 Å². The fraction of sp³-hybridized carbons (Fsp3) is 0.250. The van der Waals surface area contributed by atoms with E-state index in [1.807, 2.05) is 0 Å². The second-order valence-electron chi connectivity index (χ2n) is 14.4. The minimum atomic E-state index is -5.08. The molecule has 6 N–H and O–H groups in total. The first-order valence-electron chi connectivity index (χ1n) is 19.2. The third-order valence-electron chi connectivity index (χ3n) is 10.3. The van der Waals surface area contributed by atoms with E-state index in [2.05, 4.69) is 30.9 Å². The fourth-order valence-electron chi connectivity index (χ4n) is 7.23. The molecule has 6 rings (SSSR count). The van der Waals surface area contributed by atoms with Crippen LogP contribution in [0.2, 0.25) is 0 Å². The Morgan fingerprint density at radius 3 is 1.02 bits per heavy atom. The SMILES string of the molecule is O=C(NCCCC(CCCNC(=O)c1cc(S(=O)(=O)[O-])c2cccnc2c1O)CCCNC(=O)c1cc(S(=O)(=O)[O-])c2cccnc2c1O)c1cc(S(=O)(=O)[O-])c2cccnc2c1O.[Fe+3]. The van der Waals surface area contributed by atoms with Crippen molar-refractivity contribution in [1.82, 2.24) is 30.9 Å². The smallest absolute Gasteiger partial charge is 0.744 e. The Labute approximate surface area is 381 Å². The van der Waals surface area contributed by atoms with Gasteiger partial charge in [0.25, 0.3) is 17.7 Å². The molecule has 0 bridgehead atoms. The van der Waals surface area contributed by atoms with Crippen LogP contribution in [0.5, 0.6) is 17.2 Å². The van der Waals surface area contributed by atoms with Crippen molar-refractivity contribution in [2.75, 3.05) is 19.6 Å². The second kappa shape index (κ2) is 20.4. The minimum Gasteiger partial charge on any atom is -0.744 e. The molecular weight excluding hydrogens is 957 g/mol. The molecule has 3 aromatic carbocycles. The average molecular weight is 994 g/mol.